The Hall–Kier alpha value is -1.99. The van der Waals surface area contributed by atoms with E-state index in [4.69, 9.17) is 10.00 Å². The van der Waals surface area contributed by atoms with Crippen molar-refractivity contribution in [3.05, 3.63) is 30.0 Å². The SMILES string of the molecule is CNC(C#N)c1c[nH]c2ccc(OC)cc12. The summed E-state index contributed by atoms with van der Waals surface area (Å²) in [6.45, 7) is 0. The second-order valence-corrected chi connectivity index (χ2v) is 3.51. The van der Waals surface area contributed by atoms with Gasteiger partial charge in [0.1, 0.15) is 11.8 Å². The molecule has 0 saturated carbocycles. The summed E-state index contributed by atoms with van der Waals surface area (Å²) in [5.41, 5.74) is 1.95. The van der Waals surface area contributed by atoms with Crippen LogP contribution in [-0.2, 0) is 0 Å². The van der Waals surface area contributed by atoms with Crippen molar-refractivity contribution in [3.63, 3.8) is 0 Å². The van der Waals surface area contributed by atoms with Gasteiger partial charge < -0.3 is 15.0 Å². The average Bonchev–Trinajstić information content (AvgIpc) is 2.74. The van der Waals surface area contributed by atoms with Crippen LogP contribution in [0.25, 0.3) is 10.9 Å². The number of nitriles is 1. The molecular formula is C12H13N3O. The molecule has 0 radical (unpaired) electrons. The van der Waals surface area contributed by atoms with Gasteiger partial charge in [0, 0.05) is 22.7 Å². The molecule has 2 aromatic rings. The molecule has 82 valence electrons. The van der Waals surface area contributed by atoms with Crippen molar-refractivity contribution < 1.29 is 4.74 Å². The van der Waals surface area contributed by atoms with Gasteiger partial charge in [-0.15, -0.1) is 0 Å². The molecule has 0 amide bonds. The summed E-state index contributed by atoms with van der Waals surface area (Å²) in [5.74, 6) is 0.793. The van der Waals surface area contributed by atoms with Crippen LogP contribution in [0.15, 0.2) is 24.4 Å². The van der Waals surface area contributed by atoms with Gasteiger partial charge in [0.2, 0.25) is 0 Å². The lowest BCUT2D eigenvalue weighted by Crippen LogP contribution is -2.13. The predicted octanol–water partition coefficient (Wildman–Crippen LogP) is 1.96. The lowest BCUT2D eigenvalue weighted by atomic mass is 10.1. The van der Waals surface area contributed by atoms with Crippen molar-refractivity contribution >= 4 is 10.9 Å². The van der Waals surface area contributed by atoms with E-state index in [-0.39, 0.29) is 6.04 Å². The third-order valence-corrected chi connectivity index (χ3v) is 2.65. The Morgan fingerprint density at radius 3 is 2.94 bits per heavy atom. The molecule has 0 aliphatic heterocycles. The highest BCUT2D eigenvalue weighted by atomic mass is 16.5. The summed E-state index contributed by atoms with van der Waals surface area (Å²) in [4.78, 5) is 3.14. The summed E-state index contributed by atoms with van der Waals surface area (Å²) in [5, 5.41) is 13.0. The maximum Gasteiger partial charge on any atom is 0.123 e. The molecule has 1 heterocycles. The van der Waals surface area contributed by atoms with Crippen LogP contribution in [0.4, 0.5) is 0 Å². The molecule has 0 aliphatic carbocycles. The number of methoxy groups -OCH3 is 1. The molecule has 0 fully saturated rings. The number of nitrogens with zero attached hydrogens (tertiary/aromatic N) is 1. The number of benzene rings is 1. The summed E-state index contributed by atoms with van der Waals surface area (Å²) in [7, 11) is 3.40. The van der Waals surface area contributed by atoms with Crippen LogP contribution in [0, 0.1) is 11.3 Å². The number of hydrogen-bond donors (Lipinski definition) is 2. The highest BCUT2D eigenvalue weighted by molar-refractivity contribution is 5.85. The van der Waals surface area contributed by atoms with Crippen LogP contribution in [-0.4, -0.2) is 19.1 Å². The smallest absolute Gasteiger partial charge is 0.123 e. The topological polar surface area (TPSA) is 60.8 Å². The second kappa shape index (κ2) is 4.25. The van der Waals surface area contributed by atoms with Crippen LogP contribution < -0.4 is 10.1 Å². The van der Waals surface area contributed by atoms with Crippen LogP contribution >= 0.6 is 0 Å². The summed E-state index contributed by atoms with van der Waals surface area (Å²) in [6.07, 6.45) is 1.86. The molecule has 16 heavy (non-hydrogen) atoms. The van der Waals surface area contributed by atoms with Gasteiger partial charge >= 0.3 is 0 Å². The number of nitrogens with one attached hydrogen (secondary N) is 2. The Labute approximate surface area is 93.8 Å². The van der Waals surface area contributed by atoms with E-state index in [0.29, 0.717) is 0 Å². The molecule has 1 atom stereocenters. The monoisotopic (exact) mass is 215 g/mol. The fourth-order valence-electron chi connectivity index (χ4n) is 1.78. The Morgan fingerprint density at radius 1 is 1.50 bits per heavy atom. The van der Waals surface area contributed by atoms with Gasteiger partial charge in [-0.2, -0.15) is 5.26 Å². The van der Waals surface area contributed by atoms with Crippen molar-refractivity contribution in [1.82, 2.24) is 10.3 Å². The zero-order chi connectivity index (χ0) is 11.5. The van der Waals surface area contributed by atoms with Gasteiger partial charge in [-0.3, -0.25) is 0 Å². The molecule has 4 heteroatoms. The van der Waals surface area contributed by atoms with Crippen LogP contribution in [0.3, 0.4) is 0 Å². The van der Waals surface area contributed by atoms with E-state index < -0.39 is 0 Å². The molecule has 2 N–H and O–H groups in total. The van der Waals surface area contributed by atoms with E-state index in [1.807, 2.05) is 24.4 Å². The quantitative estimate of drug-likeness (QED) is 0.822. The Balaban J connectivity index is 2.58. The Bertz CT molecular complexity index is 539. The van der Waals surface area contributed by atoms with E-state index in [1.165, 1.54) is 0 Å². The maximum atomic E-state index is 9.03. The molecule has 0 bridgehead atoms. The van der Waals surface area contributed by atoms with Gasteiger partial charge in [-0.25, -0.2) is 0 Å². The van der Waals surface area contributed by atoms with E-state index in [1.54, 1.807) is 14.2 Å². The zero-order valence-corrected chi connectivity index (χ0v) is 9.24. The van der Waals surface area contributed by atoms with Gasteiger partial charge in [-0.05, 0) is 25.2 Å². The van der Waals surface area contributed by atoms with Gasteiger partial charge in [0.15, 0.2) is 0 Å². The number of aromatic nitrogens is 1. The molecule has 0 aliphatic rings. The standard InChI is InChI=1S/C12H13N3O/c1-14-12(6-13)10-7-15-11-4-3-8(16-2)5-9(10)11/h3-5,7,12,14-15H,1-2H3. The molecule has 2 rings (SSSR count). The lowest BCUT2D eigenvalue weighted by molar-refractivity contribution is 0.415. The maximum absolute atomic E-state index is 9.03. The fraction of sp³-hybridized carbons (Fsp3) is 0.250. The van der Waals surface area contributed by atoms with E-state index in [9.17, 15) is 0 Å². The highest BCUT2D eigenvalue weighted by Crippen LogP contribution is 2.27. The number of rotatable bonds is 3. The predicted molar refractivity (Wildman–Crippen MR) is 62.3 cm³/mol. The largest absolute Gasteiger partial charge is 0.497 e. The van der Waals surface area contributed by atoms with E-state index in [2.05, 4.69) is 16.4 Å². The van der Waals surface area contributed by atoms with Crippen LogP contribution in [0.2, 0.25) is 0 Å². The third kappa shape index (κ3) is 1.62. The normalized spacial score (nSPS) is 12.3. The van der Waals surface area contributed by atoms with Crippen molar-refractivity contribution in [2.75, 3.05) is 14.2 Å². The van der Waals surface area contributed by atoms with Crippen molar-refractivity contribution in [2.45, 2.75) is 6.04 Å². The fourth-order valence-corrected chi connectivity index (χ4v) is 1.78. The number of H-pyrrole nitrogens is 1. The second-order valence-electron chi connectivity index (χ2n) is 3.51. The van der Waals surface area contributed by atoms with Crippen LogP contribution in [0.5, 0.6) is 5.75 Å². The first-order chi connectivity index (χ1) is 7.80. The minimum atomic E-state index is -0.305. The minimum Gasteiger partial charge on any atom is -0.497 e. The molecule has 4 nitrogen and oxygen atoms in total. The van der Waals surface area contributed by atoms with Crippen molar-refractivity contribution in [3.8, 4) is 11.8 Å². The highest BCUT2D eigenvalue weighted by Gasteiger charge is 2.13. The molecule has 1 aromatic heterocycles. The van der Waals surface area contributed by atoms with Crippen LogP contribution in [0.1, 0.15) is 11.6 Å². The molecule has 1 aromatic carbocycles. The van der Waals surface area contributed by atoms with Gasteiger partial charge in [0.25, 0.3) is 0 Å². The summed E-state index contributed by atoms with van der Waals surface area (Å²) >= 11 is 0. The number of aromatic amines is 1. The number of ether oxygens (including phenoxy) is 1. The summed E-state index contributed by atoms with van der Waals surface area (Å²) < 4.78 is 5.18. The van der Waals surface area contributed by atoms with Crippen molar-refractivity contribution in [2.24, 2.45) is 0 Å². The number of fused-ring (bicyclic) bond motifs is 1. The zero-order valence-electron chi connectivity index (χ0n) is 9.24. The van der Waals surface area contributed by atoms with E-state index in [0.717, 1.165) is 22.2 Å². The first-order valence-corrected chi connectivity index (χ1v) is 5.02. The molecule has 0 saturated heterocycles. The van der Waals surface area contributed by atoms with Gasteiger partial charge in [-0.1, -0.05) is 0 Å². The summed E-state index contributed by atoms with van der Waals surface area (Å²) in [6, 6.07) is 7.68. The molecule has 1 unspecified atom stereocenters. The van der Waals surface area contributed by atoms with E-state index >= 15 is 0 Å². The number of hydrogen-bond acceptors (Lipinski definition) is 3. The molecule has 0 spiro atoms. The average molecular weight is 215 g/mol. The van der Waals surface area contributed by atoms with Gasteiger partial charge in [0.05, 0.1) is 13.2 Å². The first-order valence-electron chi connectivity index (χ1n) is 5.02. The third-order valence-electron chi connectivity index (χ3n) is 2.65. The molecular weight excluding hydrogens is 202 g/mol. The first kappa shape index (κ1) is 10.5. The Kier molecular flexibility index (Phi) is 2.80. The Morgan fingerprint density at radius 2 is 2.31 bits per heavy atom. The van der Waals surface area contributed by atoms with Crippen molar-refractivity contribution in [1.29, 1.82) is 5.26 Å². The minimum absolute atomic E-state index is 0.305. The lowest BCUT2D eigenvalue weighted by Gasteiger charge is -2.06.